The van der Waals surface area contributed by atoms with E-state index in [2.05, 4.69) is 29.7 Å². The monoisotopic (exact) mass is 520 g/mol. The first kappa shape index (κ1) is 31.6. The van der Waals surface area contributed by atoms with Crippen LogP contribution < -0.4 is 10.6 Å². The molecule has 0 radical (unpaired) electrons. The number of hydrogen-bond acceptors (Lipinski definition) is 4. The third kappa shape index (κ3) is 16.1. The fourth-order valence-corrected chi connectivity index (χ4v) is 4.72. The molecule has 0 saturated heterocycles. The number of carbonyl (C=O) groups is 2. The number of benzene rings is 1. The molecule has 0 aliphatic heterocycles. The van der Waals surface area contributed by atoms with Gasteiger partial charge in [0.15, 0.2) is 0 Å². The van der Waals surface area contributed by atoms with Gasteiger partial charge in [0.2, 0.25) is 5.91 Å². The highest BCUT2D eigenvalue weighted by Gasteiger charge is 2.11. The van der Waals surface area contributed by atoms with E-state index in [1.807, 2.05) is 24.6 Å². The van der Waals surface area contributed by atoms with Crippen molar-refractivity contribution in [2.24, 2.45) is 0 Å². The van der Waals surface area contributed by atoms with Gasteiger partial charge in [0.05, 0.1) is 5.69 Å². The first-order valence-corrected chi connectivity index (χ1v) is 16.1. The molecule has 0 bridgehead atoms. The van der Waals surface area contributed by atoms with Gasteiger partial charge in [0, 0.05) is 29.2 Å². The summed E-state index contributed by atoms with van der Waals surface area (Å²) in [5.74, 6) is 0.811. The first-order valence-electron chi connectivity index (χ1n) is 13.5. The number of rotatable bonds is 21. The van der Waals surface area contributed by atoms with Crippen LogP contribution in [0.5, 0.6) is 0 Å². The van der Waals surface area contributed by atoms with E-state index in [0.29, 0.717) is 18.5 Å². The second kappa shape index (κ2) is 21.8. The summed E-state index contributed by atoms with van der Waals surface area (Å²) in [6.07, 6.45) is 25.5. The second-order valence-electron chi connectivity index (χ2n) is 9.05. The van der Waals surface area contributed by atoms with Crippen LogP contribution in [-0.2, 0) is 4.79 Å². The molecule has 0 heterocycles. The van der Waals surface area contributed by atoms with Crippen molar-refractivity contribution in [1.82, 2.24) is 5.32 Å². The highest BCUT2D eigenvalue weighted by atomic mass is 32.2. The molecule has 2 amide bonds. The van der Waals surface area contributed by atoms with Gasteiger partial charge in [-0.3, -0.25) is 9.59 Å². The van der Waals surface area contributed by atoms with Crippen molar-refractivity contribution < 1.29 is 9.59 Å². The van der Waals surface area contributed by atoms with Gasteiger partial charge in [-0.15, -0.1) is 11.8 Å². The summed E-state index contributed by atoms with van der Waals surface area (Å²) in [7, 11) is 0. The maximum absolute atomic E-state index is 12.5. The van der Waals surface area contributed by atoms with Crippen LogP contribution >= 0.6 is 23.5 Å². The Balaban J connectivity index is 2.18. The van der Waals surface area contributed by atoms with Crippen molar-refractivity contribution in [3.8, 4) is 0 Å². The lowest BCUT2D eigenvalue weighted by Gasteiger charge is -2.12. The summed E-state index contributed by atoms with van der Waals surface area (Å²) in [6.45, 7) is 2.90. The lowest BCUT2D eigenvalue weighted by Crippen LogP contribution is -2.25. The minimum atomic E-state index is -0.0977. The fourth-order valence-electron chi connectivity index (χ4n) is 3.88. The number of allylic oxidation sites excluding steroid dienone is 2. The third-order valence-corrected chi connectivity index (χ3v) is 7.40. The van der Waals surface area contributed by atoms with Gasteiger partial charge < -0.3 is 10.6 Å². The number of amides is 2. The number of thioether (sulfide) groups is 2. The smallest absolute Gasteiger partial charge is 0.251 e. The van der Waals surface area contributed by atoms with Gasteiger partial charge in [0.25, 0.3) is 5.91 Å². The van der Waals surface area contributed by atoms with Crippen molar-refractivity contribution in [1.29, 1.82) is 0 Å². The van der Waals surface area contributed by atoms with Crippen LogP contribution in [0, 0.1) is 0 Å². The zero-order valence-electron chi connectivity index (χ0n) is 22.3. The molecule has 198 valence electrons. The lowest BCUT2D eigenvalue weighted by atomic mass is 10.1. The first-order chi connectivity index (χ1) is 17.1. The highest BCUT2D eigenvalue weighted by Crippen LogP contribution is 2.27. The van der Waals surface area contributed by atoms with Crippen molar-refractivity contribution in [3.63, 3.8) is 0 Å². The number of nitrogens with one attached hydrogen (secondary N) is 2. The summed E-state index contributed by atoms with van der Waals surface area (Å²) >= 11 is 3.27. The quantitative estimate of drug-likeness (QED) is 0.0969. The molecule has 0 saturated carbocycles. The Hall–Kier alpha value is -1.40. The largest absolute Gasteiger partial charge is 0.351 e. The predicted molar refractivity (Wildman–Crippen MR) is 157 cm³/mol. The van der Waals surface area contributed by atoms with Gasteiger partial charge in [0.1, 0.15) is 0 Å². The number of anilines is 1. The fraction of sp³-hybridized carbons (Fsp3) is 0.655. The minimum absolute atomic E-state index is 0.0258. The SMILES string of the molecule is CCCCCCCCC=CCCCCCCCC(=O)Nc1cc(C(=O)NCCSC)ccc1SC. The van der Waals surface area contributed by atoms with Crippen molar-refractivity contribution in [2.75, 3.05) is 30.1 Å². The Labute approximate surface area is 223 Å². The predicted octanol–water partition coefficient (Wildman–Crippen LogP) is 8.48. The number of unbranched alkanes of at least 4 members (excludes halogenated alkanes) is 11. The van der Waals surface area contributed by atoms with Crippen LogP contribution in [0.1, 0.15) is 107 Å². The molecular weight excluding hydrogens is 472 g/mol. The van der Waals surface area contributed by atoms with Gasteiger partial charge in [-0.05, 0) is 62.8 Å². The van der Waals surface area contributed by atoms with Crippen LogP contribution in [-0.4, -0.2) is 36.6 Å². The molecule has 1 aromatic carbocycles. The molecule has 35 heavy (non-hydrogen) atoms. The zero-order chi connectivity index (χ0) is 25.6. The summed E-state index contributed by atoms with van der Waals surface area (Å²) in [5.41, 5.74) is 1.31. The van der Waals surface area contributed by atoms with Crippen molar-refractivity contribution in [3.05, 3.63) is 35.9 Å². The molecule has 0 spiro atoms. The number of carbonyl (C=O) groups excluding carboxylic acids is 2. The normalized spacial score (nSPS) is 11.2. The van der Waals surface area contributed by atoms with Gasteiger partial charge >= 0.3 is 0 Å². The van der Waals surface area contributed by atoms with E-state index in [1.54, 1.807) is 29.6 Å². The molecule has 0 atom stereocenters. The van der Waals surface area contributed by atoms with E-state index in [4.69, 9.17) is 0 Å². The van der Waals surface area contributed by atoms with Crippen molar-refractivity contribution in [2.45, 2.75) is 102 Å². The molecule has 4 nitrogen and oxygen atoms in total. The molecule has 1 aromatic rings. The molecular formula is C29H48N2O2S2. The average molecular weight is 521 g/mol. The van der Waals surface area contributed by atoms with E-state index >= 15 is 0 Å². The van der Waals surface area contributed by atoms with Crippen LogP contribution in [0.4, 0.5) is 5.69 Å². The van der Waals surface area contributed by atoms with Gasteiger partial charge in [-0.1, -0.05) is 70.4 Å². The average Bonchev–Trinajstić information content (AvgIpc) is 2.86. The van der Waals surface area contributed by atoms with Crippen LogP contribution in [0.2, 0.25) is 0 Å². The molecule has 0 unspecified atom stereocenters. The van der Waals surface area contributed by atoms with Crippen LogP contribution in [0.15, 0.2) is 35.2 Å². The molecule has 2 N–H and O–H groups in total. The Kier molecular flexibility index (Phi) is 19.7. The molecule has 0 aliphatic rings. The molecule has 0 aromatic heterocycles. The van der Waals surface area contributed by atoms with E-state index in [9.17, 15) is 9.59 Å². The van der Waals surface area contributed by atoms with Gasteiger partial charge in [-0.25, -0.2) is 0 Å². The maximum Gasteiger partial charge on any atom is 0.251 e. The molecule has 1 rings (SSSR count). The third-order valence-electron chi connectivity index (χ3n) is 5.99. The maximum atomic E-state index is 12.5. The van der Waals surface area contributed by atoms with E-state index < -0.39 is 0 Å². The minimum Gasteiger partial charge on any atom is -0.351 e. The Bertz CT molecular complexity index is 737. The lowest BCUT2D eigenvalue weighted by molar-refractivity contribution is -0.116. The topological polar surface area (TPSA) is 58.2 Å². The van der Waals surface area contributed by atoms with Gasteiger partial charge in [-0.2, -0.15) is 11.8 Å². The summed E-state index contributed by atoms with van der Waals surface area (Å²) in [6, 6.07) is 5.52. The van der Waals surface area contributed by atoms with E-state index in [0.717, 1.165) is 29.2 Å². The second-order valence-corrected chi connectivity index (χ2v) is 10.9. The summed E-state index contributed by atoms with van der Waals surface area (Å²) in [5, 5.41) is 5.94. The molecule has 0 aliphatic carbocycles. The standard InChI is InChI=1S/C29H48N2O2S2/c1-4-5-6-7-8-9-10-11-12-13-14-15-16-17-18-19-28(32)31-26-24-25(20-21-27(26)35-3)29(33)30-22-23-34-2/h11-12,20-21,24H,4-10,13-19,22-23H2,1-3H3,(H,30,33)(H,31,32). The Morgan fingerprint density at radius 1 is 0.857 bits per heavy atom. The Morgan fingerprint density at radius 2 is 1.49 bits per heavy atom. The van der Waals surface area contributed by atoms with Crippen LogP contribution in [0.25, 0.3) is 0 Å². The zero-order valence-corrected chi connectivity index (χ0v) is 24.0. The Morgan fingerprint density at radius 3 is 2.11 bits per heavy atom. The molecule has 6 heteroatoms. The molecule has 0 fully saturated rings. The van der Waals surface area contributed by atoms with E-state index in [-0.39, 0.29) is 11.8 Å². The van der Waals surface area contributed by atoms with Crippen LogP contribution in [0.3, 0.4) is 0 Å². The summed E-state index contributed by atoms with van der Waals surface area (Å²) < 4.78 is 0. The summed E-state index contributed by atoms with van der Waals surface area (Å²) in [4.78, 5) is 25.8. The van der Waals surface area contributed by atoms with Crippen molar-refractivity contribution >= 4 is 41.0 Å². The number of hydrogen-bond donors (Lipinski definition) is 2. The van der Waals surface area contributed by atoms with E-state index in [1.165, 1.54) is 70.6 Å². The highest BCUT2D eigenvalue weighted by molar-refractivity contribution is 7.98.